The van der Waals surface area contributed by atoms with Crippen molar-refractivity contribution in [2.24, 2.45) is 0 Å². The molecule has 1 fully saturated rings. The predicted octanol–water partition coefficient (Wildman–Crippen LogP) is 2.46. The zero-order chi connectivity index (χ0) is 17.1. The van der Waals surface area contributed by atoms with Gasteiger partial charge in [0.05, 0.1) is 0 Å². The standard InChI is InChI=1S/C19H21N5O/c25-18(9-8-15-5-3-10-20-13-15)23-11-4-6-16(14-23)19-22-21-17-7-1-2-12-24(17)19/h1-3,5,7,10,12-13,16H,4,6,8-9,11,14H2. The maximum absolute atomic E-state index is 12.6. The highest BCUT2D eigenvalue weighted by molar-refractivity contribution is 5.76. The third-order valence-electron chi connectivity index (χ3n) is 4.83. The van der Waals surface area contributed by atoms with E-state index in [1.54, 1.807) is 6.20 Å². The van der Waals surface area contributed by atoms with Crippen molar-refractivity contribution in [2.75, 3.05) is 13.1 Å². The fourth-order valence-corrected chi connectivity index (χ4v) is 3.51. The Labute approximate surface area is 146 Å². The summed E-state index contributed by atoms with van der Waals surface area (Å²) < 4.78 is 2.04. The quantitative estimate of drug-likeness (QED) is 0.735. The van der Waals surface area contributed by atoms with E-state index in [1.165, 1.54) is 0 Å². The first-order valence-electron chi connectivity index (χ1n) is 8.77. The molecule has 3 aromatic heterocycles. The number of aromatic nitrogens is 4. The van der Waals surface area contributed by atoms with Crippen LogP contribution in [0.15, 0.2) is 48.9 Å². The Morgan fingerprint density at radius 1 is 1.20 bits per heavy atom. The Morgan fingerprint density at radius 2 is 2.16 bits per heavy atom. The minimum absolute atomic E-state index is 0.211. The van der Waals surface area contributed by atoms with Gasteiger partial charge in [-0.2, -0.15) is 0 Å². The third-order valence-corrected chi connectivity index (χ3v) is 4.83. The van der Waals surface area contributed by atoms with Crippen LogP contribution in [-0.4, -0.2) is 43.5 Å². The molecule has 1 atom stereocenters. The topological polar surface area (TPSA) is 63.4 Å². The maximum Gasteiger partial charge on any atom is 0.222 e. The van der Waals surface area contributed by atoms with Gasteiger partial charge in [0.25, 0.3) is 0 Å². The Bertz CT molecular complexity index is 860. The first-order valence-corrected chi connectivity index (χ1v) is 8.77. The molecule has 4 rings (SSSR count). The highest BCUT2D eigenvalue weighted by Gasteiger charge is 2.27. The molecule has 0 saturated carbocycles. The van der Waals surface area contributed by atoms with Gasteiger partial charge >= 0.3 is 0 Å². The molecule has 0 bridgehead atoms. The predicted molar refractivity (Wildman–Crippen MR) is 94.1 cm³/mol. The van der Waals surface area contributed by atoms with E-state index in [1.807, 2.05) is 52.0 Å². The smallest absolute Gasteiger partial charge is 0.222 e. The van der Waals surface area contributed by atoms with Gasteiger partial charge in [-0.1, -0.05) is 12.1 Å². The number of fused-ring (bicyclic) bond motifs is 1. The largest absolute Gasteiger partial charge is 0.342 e. The van der Waals surface area contributed by atoms with Crippen LogP contribution in [0.3, 0.4) is 0 Å². The molecule has 1 amide bonds. The van der Waals surface area contributed by atoms with E-state index in [-0.39, 0.29) is 11.8 Å². The van der Waals surface area contributed by atoms with Crippen molar-refractivity contribution in [2.45, 2.75) is 31.6 Å². The van der Waals surface area contributed by atoms with Gasteiger partial charge in [-0.3, -0.25) is 14.2 Å². The summed E-state index contributed by atoms with van der Waals surface area (Å²) in [6, 6.07) is 9.83. The number of hydrogen-bond acceptors (Lipinski definition) is 4. The van der Waals surface area contributed by atoms with Gasteiger partial charge in [-0.05, 0) is 43.0 Å². The highest BCUT2D eigenvalue weighted by atomic mass is 16.2. The van der Waals surface area contributed by atoms with Gasteiger partial charge in [0, 0.05) is 44.0 Å². The summed E-state index contributed by atoms with van der Waals surface area (Å²) in [6.45, 7) is 1.56. The van der Waals surface area contributed by atoms with Crippen LogP contribution in [0.4, 0.5) is 0 Å². The lowest BCUT2D eigenvalue weighted by Gasteiger charge is -2.32. The monoisotopic (exact) mass is 335 g/mol. The Balaban J connectivity index is 1.43. The van der Waals surface area contributed by atoms with E-state index in [2.05, 4.69) is 15.2 Å². The average molecular weight is 335 g/mol. The number of hydrogen-bond donors (Lipinski definition) is 0. The summed E-state index contributed by atoms with van der Waals surface area (Å²) in [5.74, 6) is 1.41. The van der Waals surface area contributed by atoms with Crippen molar-refractivity contribution in [3.05, 3.63) is 60.3 Å². The van der Waals surface area contributed by atoms with Gasteiger partial charge in [0.2, 0.25) is 5.91 Å². The molecule has 6 heteroatoms. The molecule has 0 radical (unpaired) electrons. The molecule has 128 valence electrons. The summed E-state index contributed by atoms with van der Waals surface area (Å²) in [5, 5.41) is 8.62. The van der Waals surface area contributed by atoms with E-state index in [9.17, 15) is 4.79 Å². The Kier molecular flexibility index (Phi) is 4.41. The van der Waals surface area contributed by atoms with Gasteiger partial charge in [0.1, 0.15) is 5.82 Å². The van der Waals surface area contributed by atoms with Crippen molar-refractivity contribution in [1.29, 1.82) is 0 Å². The Morgan fingerprint density at radius 3 is 3.04 bits per heavy atom. The maximum atomic E-state index is 12.6. The zero-order valence-corrected chi connectivity index (χ0v) is 14.1. The van der Waals surface area contributed by atoms with E-state index in [4.69, 9.17) is 0 Å². The molecule has 4 heterocycles. The van der Waals surface area contributed by atoms with Gasteiger partial charge in [-0.15, -0.1) is 10.2 Å². The average Bonchev–Trinajstić information content (AvgIpc) is 3.11. The number of carbonyl (C=O) groups excluding carboxylic acids is 1. The third kappa shape index (κ3) is 3.38. The molecule has 1 saturated heterocycles. The molecule has 25 heavy (non-hydrogen) atoms. The van der Waals surface area contributed by atoms with Crippen molar-refractivity contribution in [3.63, 3.8) is 0 Å². The normalized spacial score (nSPS) is 17.8. The zero-order valence-electron chi connectivity index (χ0n) is 14.1. The summed E-state index contributed by atoms with van der Waals surface area (Å²) in [7, 11) is 0. The minimum Gasteiger partial charge on any atom is -0.342 e. The van der Waals surface area contributed by atoms with Crippen molar-refractivity contribution >= 4 is 11.6 Å². The number of likely N-dealkylation sites (tertiary alicyclic amines) is 1. The van der Waals surface area contributed by atoms with Crippen LogP contribution < -0.4 is 0 Å². The Hall–Kier alpha value is -2.76. The first-order chi connectivity index (χ1) is 12.3. The number of carbonyl (C=O) groups is 1. The molecule has 0 aromatic carbocycles. The molecule has 6 nitrogen and oxygen atoms in total. The van der Waals surface area contributed by atoms with Crippen LogP contribution in [0.1, 0.15) is 36.6 Å². The van der Waals surface area contributed by atoms with Crippen molar-refractivity contribution in [3.8, 4) is 0 Å². The van der Waals surface area contributed by atoms with Crippen LogP contribution in [-0.2, 0) is 11.2 Å². The molecular weight excluding hydrogens is 314 g/mol. The van der Waals surface area contributed by atoms with E-state index in [0.29, 0.717) is 6.42 Å². The fraction of sp³-hybridized carbons (Fsp3) is 0.368. The van der Waals surface area contributed by atoms with Crippen LogP contribution in [0.2, 0.25) is 0 Å². The molecular formula is C19H21N5O. The summed E-state index contributed by atoms with van der Waals surface area (Å²) in [5.41, 5.74) is 1.96. The lowest BCUT2D eigenvalue weighted by molar-refractivity contribution is -0.132. The second-order valence-electron chi connectivity index (χ2n) is 6.53. The lowest BCUT2D eigenvalue weighted by Crippen LogP contribution is -2.39. The van der Waals surface area contributed by atoms with E-state index < -0.39 is 0 Å². The first kappa shape index (κ1) is 15.7. The number of piperidine rings is 1. The SMILES string of the molecule is O=C(CCc1cccnc1)N1CCCC(c2nnc3ccccn23)C1. The van der Waals surface area contributed by atoms with Gasteiger partial charge in [0.15, 0.2) is 5.65 Å². The van der Waals surface area contributed by atoms with Crippen molar-refractivity contribution in [1.82, 2.24) is 24.5 Å². The van der Waals surface area contributed by atoms with Crippen LogP contribution in [0, 0.1) is 0 Å². The lowest BCUT2D eigenvalue weighted by atomic mass is 9.96. The molecule has 0 aliphatic carbocycles. The van der Waals surface area contributed by atoms with E-state index >= 15 is 0 Å². The molecule has 1 aliphatic heterocycles. The van der Waals surface area contributed by atoms with Crippen LogP contribution >= 0.6 is 0 Å². The van der Waals surface area contributed by atoms with E-state index in [0.717, 1.165) is 49.4 Å². The molecule has 3 aromatic rings. The number of aryl methyl sites for hydroxylation is 1. The second kappa shape index (κ2) is 7.01. The number of pyridine rings is 2. The fourth-order valence-electron chi connectivity index (χ4n) is 3.51. The van der Waals surface area contributed by atoms with Crippen LogP contribution in [0.5, 0.6) is 0 Å². The second-order valence-corrected chi connectivity index (χ2v) is 6.53. The molecule has 0 N–H and O–H groups in total. The van der Waals surface area contributed by atoms with Crippen molar-refractivity contribution < 1.29 is 4.79 Å². The molecule has 1 unspecified atom stereocenters. The molecule has 0 spiro atoms. The molecule has 1 aliphatic rings. The highest BCUT2D eigenvalue weighted by Crippen LogP contribution is 2.26. The summed E-state index contributed by atoms with van der Waals surface area (Å²) >= 11 is 0. The van der Waals surface area contributed by atoms with Crippen LogP contribution in [0.25, 0.3) is 5.65 Å². The number of amides is 1. The van der Waals surface area contributed by atoms with Gasteiger partial charge in [-0.25, -0.2) is 0 Å². The minimum atomic E-state index is 0.211. The van der Waals surface area contributed by atoms with Gasteiger partial charge < -0.3 is 4.90 Å². The number of nitrogens with zero attached hydrogens (tertiary/aromatic N) is 5. The number of rotatable bonds is 4. The summed E-state index contributed by atoms with van der Waals surface area (Å²) in [6.07, 6.45) is 8.89. The summed E-state index contributed by atoms with van der Waals surface area (Å²) in [4.78, 5) is 18.7.